The summed E-state index contributed by atoms with van der Waals surface area (Å²) in [5, 5.41) is 19.5. The molecular formula is C13H18N4O5S. The Labute approximate surface area is 133 Å². The molecule has 2 heterocycles. The Bertz CT molecular complexity index is 730. The number of morpholine rings is 1. The third-order valence-corrected chi connectivity index (χ3v) is 4.99. The molecule has 0 amide bonds. The number of nitro benzene ring substituents is 1. The number of hydrogen-bond acceptors (Lipinski definition) is 7. The normalized spacial score (nSPS) is 21.7. The molecule has 0 spiro atoms. The molecule has 2 aliphatic rings. The Morgan fingerprint density at radius 2 is 2.09 bits per heavy atom. The van der Waals surface area contributed by atoms with E-state index in [0.29, 0.717) is 30.9 Å². The van der Waals surface area contributed by atoms with Gasteiger partial charge in [0.25, 0.3) is 5.69 Å². The highest BCUT2D eigenvalue weighted by Crippen LogP contribution is 2.37. The number of nitro groups is 1. The summed E-state index contributed by atoms with van der Waals surface area (Å²) in [5.74, 6) is 0. The Balaban J connectivity index is 1.85. The number of anilines is 1. The van der Waals surface area contributed by atoms with Gasteiger partial charge in [0.2, 0.25) is 10.0 Å². The molecule has 9 nitrogen and oxygen atoms in total. The van der Waals surface area contributed by atoms with Crippen LogP contribution in [-0.4, -0.2) is 57.1 Å². The van der Waals surface area contributed by atoms with Crippen molar-refractivity contribution in [1.29, 1.82) is 0 Å². The van der Waals surface area contributed by atoms with Gasteiger partial charge in [-0.05, 0) is 18.1 Å². The summed E-state index contributed by atoms with van der Waals surface area (Å²) in [6, 6.07) is 2.43. The van der Waals surface area contributed by atoms with Crippen molar-refractivity contribution in [3.8, 4) is 0 Å². The van der Waals surface area contributed by atoms with E-state index < -0.39 is 14.9 Å². The summed E-state index contributed by atoms with van der Waals surface area (Å²) in [6.07, 6.45) is 0.525. The average molecular weight is 342 g/mol. The van der Waals surface area contributed by atoms with E-state index in [1.165, 1.54) is 6.07 Å². The van der Waals surface area contributed by atoms with Gasteiger partial charge in [0.05, 0.1) is 23.0 Å². The molecule has 3 N–H and O–H groups in total. The summed E-state index contributed by atoms with van der Waals surface area (Å²) in [7, 11) is -3.98. The fourth-order valence-electron chi connectivity index (χ4n) is 3.02. The molecule has 1 aromatic carbocycles. The molecule has 10 heteroatoms. The van der Waals surface area contributed by atoms with Crippen molar-refractivity contribution in [3.63, 3.8) is 0 Å². The van der Waals surface area contributed by atoms with E-state index in [0.717, 1.165) is 25.7 Å². The van der Waals surface area contributed by atoms with Gasteiger partial charge in [-0.15, -0.1) is 0 Å². The quantitative estimate of drug-likeness (QED) is 0.578. The van der Waals surface area contributed by atoms with Crippen LogP contribution in [-0.2, 0) is 21.2 Å². The third-order valence-electron chi connectivity index (χ3n) is 4.10. The second-order valence-electron chi connectivity index (χ2n) is 5.74. The first kappa shape index (κ1) is 16.1. The van der Waals surface area contributed by atoms with Crippen LogP contribution in [0.5, 0.6) is 0 Å². The standard InChI is InChI=1S/C13H18N4O5S/c14-23(20,21)11-6-9-5-10(8-16-1-3-22-4-2-16)15-13(9)12(7-11)17(18)19/h6-7,10,15H,1-5,8H2,(H2,14,20,21). The summed E-state index contributed by atoms with van der Waals surface area (Å²) in [6.45, 7) is 3.71. The maximum Gasteiger partial charge on any atom is 0.293 e. The van der Waals surface area contributed by atoms with Crippen LogP contribution in [0.15, 0.2) is 17.0 Å². The van der Waals surface area contributed by atoms with Crippen molar-refractivity contribution in [3.05, 3.63) is 27.8 Å². The van der Waals surface area contributed by atoms with Crippen molar-refractivity contribution in [1.82, 2.24) is 4.90 Å². The molecule has 0 radical (unpaired) electrons. The van der Waals surface area contributed by atoms with Crippen LogP contribution in [0, 0.1) is 10.1 Å². The van der Waals surface area contributed by atoms with Crippen LogP contribution in [0.25, 0.3) is 0 Å². The molecule has 0 saturated carbocycles. The maximum absolute atomic E-state index is 11.5. The number of benzene rings is 1. The number of nitrogens with zero attached hydrogens (tertiary/aromatic N) is 2. The SMILES string of the molecule is NS(=O)(=O)c1cc2c(c([N+](=O)[O-])c1)NC(CN1CCOCC1)C2. The fourth-order valence-corrected chi connectivity index (χ4v) is 3.60. The van der Waals surface area contributed by atoms with E-state index in [1.807, 2.05) is 0 Å². The number of hydrogen-bond donors (Lipinski definition) is 2. The lowest BCUT2D eigenvalue weighted by Crippen LogP contribution is -2.42. The van der Waals surface area contributed by atoms with Gasteiger partial charge in [-0.3, -0.25) is 15.0 Å². The fraction of sp³-hybridized carbons (Fsp3) is 0.538. The molecule has 3 rings (SSSR count). The molecule has 2 aliphatic heterocycles. The zero-order valence-corrected chi connectivity index (χ0v) is 13.2. The van der Waals surface area contributed by atoms with Gasteiger partial charge in [0.15, 0.2) is 0 Å². The summed E-state index contributed by atoms with van der Waals surface area (Å²) in [4.78, 5) is 12.7. The lowest BCUT2D eigenvalue weighted by molar-refractivity contribution is -0.384. The molecule has 1 atom stereocenters. The topological polar surface area (TPSA) is 128 Å². The van der Waals surface area contributed by atoms with E-state index in [-0.39, 0.29) is 16.6 Å². The van der Waals surface area contributed by atoms with Crippen molar-refractivity contribution < 1.29 is 18.1 Å². The molecule has 0 bridgehead atoms. The lowest BCUT2D eigenvalue weighted by atomic mass is 10.1. The zero-order chi connectivity index (χ0) is 16.6. The number of sulfonamides is 1. The highest BCUT2D eigenvalue weighted by molar-refractivity contribution is 7.89. The highest BCUT2D eigenvalue weighted by atomic mass is 32.2. The van der Waals surface area contributed by atoms with Gasteiger partial charge in [-0.2, -0.15) is 0 Å². The second kappa shape index (κ2) is 6.04. The number of rotatable bonds is 4. The smallest absolute Gasteiger partial charge is 0.293 e. The van der Waals surface area contributed by atoms with Crippen LogP contribution >= 0.6 is 0 Å². The van der Waals surface area contributed by atoms with Crippen molar-refractivity contribution in [2.24, 2.45) is 5.14 Å². The van der Waals surface area contributed by atoms with Gasteiger partial charge in [-0.1, -0.05) is 0 Å². The Morgan fingerprint density at radius 1 is 1.39 bits per heavy atom. The van der Waals surface area contributed by atoms with Crippen LogP contribution in [0.2, 0.25) is 0 Å². The minimum atomic E-state index is -3.98. The van der Waals surface area contributed by atoms with E-state index >= 15 is 0 Å². The minimum Gasteiger partial charge on any atom is -0.379 e. The summed E-state index contributed by atoms with van der Waals surface area (Å²) < 4.78 is 28.3. The van der Waals surface area contributed by atoms with Crippen LogP contribution in [0.1, 0.15) is 5.56 Å². The monoisotopic (exact) mass is 342 g/mol. The largest absolute Gasteiger partial charge is 0.379 e. The molecule has 126 valence electrons. The first-order chi connectivity index (χ1) is 10.8. The number of nitrogens with one attached hydrogen (secondary N) is 1. The first-order valence-electron chi connectivity index (χ1n) is 7.25. The zero-order valence-electron chi connectivity index (χ0n) is 12.4. The van der Waals surface area contributed by atoms with Crippen molar-refractivity contribution in [2.45, 2.75) is 17.4 Å². The molecule has 1 unspecified atom stereocenters. The van der Waals surface area contributed by atoms with E-state index in [1.54, 1.807) is 0 Å². The van der Waals surface area contributed by atoms with Crippen LogP contribution in [0.3, 0.4) is 0 Å². The molecule has 1 aromatic rings. The Kier molecular flexibility index (Phi) is 4.23. The number of primary sulfonamides is 1. The number of fused-ring (bicyclic) bond motifs is 1. The van der Waals surface area contributed by atoms with E-state index in [4.69, 9.17) is 9.88 Å². The van der Waals surface area contributed by atoms with Crippen LogP contribution in [0.4, 0.5) is 11.4 Å². The highest BCUT2D eigenvalue weighted by Gasteiger charge is 2.31. The molecular weight excluding hydrogens is 324 g/mol. The molecule has 1 saturated heterocycles. The molecule has 0 aromatic heterocycles. The second-order valence-corrected chi connectivity index (χ2v) is 7.30. The van der Waals surface area contributed by atoms with Crippen LogP contribution < -0.4 is 10.5 Å². The van der Waals surface area contributed by atoms with Crippen molar-refractivity contribution >= 4 is 21.4 Å². The van der Waals surface area contributed by atoms with Gasteiger partial charge in [0.1, 0.15) is 5.69 Å². The van der Waals surface area contributed by atoms with Gasteiger partial charge < -0.3 is 10.1 Å². The number of nitrogens with two attached hydrogens (primary N) is 1. The van der Waals surface area contributed by atoms with Gasteiger partial charge in [-0.25, -0.2) is 13.6 Å². The van der Waals surface area contributed by atoms with E-state index in [2.05, 4.69) is 10.2 Å². The third kappa shape index (κ3) is 3.44. The molecule has 23 heavy (non-hydrogen) atoms. The van der Waals surface area contributed by atoms with E-state index in [9.17, 15) is 18.5 Å². The first-order valence-corrected chi connectivity index (χ1v) is 8.80. The Hall–Kier alpha value is -1.75. The maximum atomic E-state index is 11.5. The molecule has 1 fully saturated rings. The summed E-state index contributed by atoms with van der Waals surface area (Å²) >= 11 is 0. The van der Waals surface area contributed by atoms with Gasteiger partial charge >= 0.3 is 0 Å². The predicted molar refractivity (Wildman–Crippen MR) is 82.8 cm³/mol. The predicted octanol–water partition coefficient (Wildman–Crippen LogP) is -0.0890. The Morgan fingerprint density at radius 3 is 2.70 bits per heavy atom. The lowest BCUT2D eigenvalue weighted by Gasteiger charge is -2.29. The molecule has 0 aliphatic carbocycles. The van der Waals surface area contributed by atoms with Gasteiger partial charge in [0, 0.05) is 31.7 Å². The minimum absolute atomic E-state index is 0.00229. The number of ether oxygens (including phenoxy) is 1. The summed E-state index contributed by atoms with van der Waals surface area (Å²) in [5.41, 5.74) is 0.748. The average Bonchev–Trinajstić information content (AvgIpc) is 2.88. The van der Waals surface area contributed by atoms with Crippen molar-refractivity contribution in [2.75, 3.05) is 38.2 Å².